The van der Waals surface area contributed by atoms with E-state index >= 15 is 0 Å². The third-order valence-electron chi connectivity index (χ3n) is 2.37. The molecule has 0 saturated carbocycles. The first kappa shape index (κ1) is 14.9. The number of ether oxygens (including phenoxy) is 2. The summed E-state index contributed by atoms with van der Waals surface area (Å²) < 4.78 is 11.0. The molecule has 5 heteroatoms. The maximum absolute atomic E-state index is 5.70. The van der Waals surface area contributed by atoms with Gasteiger partial charge in [0.05, 0.1) is 12.2 Å². The summed E-state index contributed by atoms with van der Waals surface area (Å²) in [6.07, 6.45) is 1.000. The van der Waals surface area contributed by atoms with Gasteiger partial charge < -0.3 is 15.2 Å². The number of nitrogens with zero attached hydrogens (tertiary/aromatic N) is 1. The number of thiocarbonyl (C=S) groups is 1. The van der Waals surface area contributed by atoms with E-state index in [4.69, 9.17) is 27.4 Å². The van der Waals surface area contributed by atoms with Crippen LogP contribution >= 0.6 is 12.2 Å². The second-order valence-electron chi connectivity index (χ2n) is 4.09. The molecule has 0 spiro atoms. The van der Waals surface area contributed by atoms with Crippen LogP contribution in [0.4, 0.5) is 0 Å². The van der Waals surface area contributed by atoms with E-state index in [-0.39, 0.29) is 0 Å². The maximum Gasteiger partial charge on any atom is 0.224 e. The van der Waals surface area contributed by atoms with Gasteiger partial charge in [-0.2, -0.15) is 0 Å². The summed E-state index contributed by atoms with van der Waals surface area (Å²) in [5, 5.41) is 0. The molecule has 0 aliphatic heterocycles. The van der Waals surface area contributed by atoms with Gasteiger partial charge in [-0.25, -0.2) is 4.98 Å². The number of aromatic nitrogens is 1. The second kappa shape index (κ2) is 7.28. The molecule has 0 unspecified atom stereocenters. The van der Waals surface area contributed by atoms with Crippen LogP contribution < -0.4 is 10.5 Å². The van der Waals surface area contributed by atoms with Crippen LogP contribution in [-0.2, 0) is 4.74 Å². The van der Waals surface area contributed by atoms with Gasteiger partial charge in [0, 0.05) is 12.3 Å². The number of aryl methyl sites for hydroxylation is 2. The molecule has 2 N–H and O–H groups in total. The average molecular weight is 268 g/mol. The normalized spacial score (nSPS) is 10.4. The first-order valence-electron chi connectivity index (χ1n) is 6.04. The number of hydrogen-bond donors (Lipinski definition) is 1. The van der Waals surface area contributed by atoms with Crippen molar-refractivity contribution in [3.63, 3.8) is 0 Å². The van der Waals surface area contributed by atoms with E-state index in [1.165, 1.54) is 0 Å². The van der Waals surface area contributed by atoms with Gasteiger partial charge in [-0.1, -0.05) is 19.1 Å². The Labute approximate surface area is 113 Å². The molecule has 0 aliphatic rings. The lowest BCUT2D eigenvalue weighted by Gasteiger charge is -2.13. The zero-order valence-electron chi connectivity index (χ0n) is 11.2. The minimum absolute atomic E-state index is 0.310. The molecule has 0 aliphatic carbocycles. The quantitative estimate of drug-likeness (QED) is 0.606. The maximum atomic E-state index is 5.70. The molecular formula is C13H20N2O2S. The highest BCUT2D eigenvalue weighted by Gasteiger charge is 2.12. The van der Waals surface area contributed by atoms with Crippen molar-refractivity contribution in [1.29, 1.82) is 0 Å². The van der Waals surface area contributed by atoms with Crippen LogP contribution in [0.2, 0.25) is 0 Å². The fourth-order valence-electron chi connectivity index (χ4n) is 1.65. The molecule has 1 aromatic rings. The van der Waals surface area contributed by atoms with E-state index < -0.39 is 0 Å². The Hall–Kier alpha value is -1.20. The summed E-state index contributed by atoms with van der Waals surface area (Å²) >= 11 is 5.03. The van der Waals surface area contributed by atoms with Crippen LogP contribution in [0.1, 0.15) is 30.2 Å². The predicted octanol–water partition coefficient (Wildman–Crippen LogP) is 2.14. The lowest BCUT2D eigenvalue weighted by Crippen LogP contribution is -2.17. The van der Waals surface area contributed by atoms with Crippen molar-refractivity contribution in [3.8, 4) is 5.88 Å². The fraction of sp³-hybridized carbons (Fsp3) is 0.538. The van der Waals surface area contributed by atoms with Gasteiger partial charge in [0.1, 0.15) is 11.6 Å². The summed E-state index contributed by atoms with van der Waals surface area (Å²) in [5.41, 5.74) is 8.28. The van der Waals surface area contributed by atoms with Crippen molar-refractivity contribution in [1.82, 2.24) is 4.98 Å². The standard InChI is InChI=1S/C13H20N2O2S/c1-4-5-16-6-7-17-13-11(12(14)18)9(2)8-10(3)15-13/h8H,4-7H2,1-3H3,(H2,14,18). The van der Waals surface area contributed by atoms with Crippen LogP contribution in [-0.4, -0.2) is 29.8 Å². The van der Waals surface area contributed by atoms with E-state index in [9.17, 15) is 0 Å². The third-order valence-corrected chi connectivity index (χ3v) is 2.58. The minimum atomic E-state index is 0.310. The number of hydrogen-bond acceptors (Lipinski definition) is 4. The molecule has 0 saturated heterocycles. The Morgan fingerprint density at radius 3 is 2.67 bits per heavy atom. The highest BCUT2D eigenvalue weighted by Crippen LogP contribution is 2.20. The van der Waals surface area contributed by atoms with Gasteiger partial charge >= 0.3 is 0 Å². The first-order chi connectivity index (χ1) is 8.56. The van der Waals surface area contributed by atoms with E-state index in [2.05, 4.69) is 11.9 Å². The Balaban J connectivity index is 2.71. The molecule has 4 nitrogen and oxygen atoms in total. The van der Waals surface area contributed by atoms with Gasteiger partial charge in [0.15, 0.2) is 0 Å². The molecule has 1 aromatic heterocycles. The van der Waals surface area contributed by atoms with Crippen molar-refractivity contribution in [3.05, 3.63) is 22.9 Å². The predicted molar refractivity (Wildman–Crippen MR) is 76.2 cm³/mol. The summed E-state index contributed by atoms with van der Waals surface area (Å²) in [6, 6.07) is 1.94. The summed E-state index contributed by atoms with van der Waals surface area (Å²) in [7, 11) is 0. The van der Waals surface area contributed by atoms with Gasteiger partial charge in [-0.15, -0.1) is 0 Å². The monoisotopic (exact) mass is 268 g/mol. The van der Waals surface area contributed by atoms with Crippen LogP contribution in [0, 0.1) is 13.8 Å². The zero-order valence-corrected chi connectivity index (χ0v) is 12.0. The Morgan fingerprint density at radius 1 is 1.33 bits per heavy atom. The Morgan fingerprint density at radius 2 is 2.06 bits per heavy atom. The highest BCUT2D eigenvalue weighted by molar-refractivity contribution is 7.80. The van der Waals surface area contributed by atoms with Crippen molar-refractivity contribution in [2.24, 2.45) is 5.73 Å². The SMILES string of the molecule is CCCOCCOc1nc(C)cc(C)c1C(N)=S. The number of nitrogens with two attached hydrogens (primary N) is 1. The first-order valence-corrected chi connectivity index (χ1v) is 6.45. The Kier molecular flexibility index (Phi) is 6.01. The van der Waals surface area contributed by atoms with Gasteiger partial charge in [0.25, 0.3) is 0 Å². The molecule has 0 amide bonds. The fourth-order valence-corrected chi connectivity index (χ4v) is 1.90. The lowest BCUT2D eigenvalue weighted by atomic mass is 10.1. The van der Waals surface area contributed by atoms with Gasteiger partial charge in [-0.05, 0) is 31.9 Å². The molecule has 0 atom stereocenters. The molecule has 0 fully saturated rings. The lowest BCUT2D eigenvalue weighted by molar-refractivity contribution is 0.0989. The topological polar surface area (TPSA) is 57.4 Å². The van der Waals surface area contributed by atoms with E-state index in [1.54, 1.807) is 0 Å². The van der Waals surface area contributed by atoms with Gasteiger partial charge in [0.2, 0.25) is 5.88 Å². The largest absolute Gasteiger partial charge is 0.475 e. The van der Waals surface area contributed by atoms with E-state index in [0.29, 0.717) is 29.6 Å². The van der Waals surface area contributed by atoms with E-state index in [0.717, 1.165) is 24.3 Å². The van der Waals surface area contributed by atoms with Crippen molar-refractivity contribution >= 4 is 17.2 Å². The van der Waals surface area contributed by atoms with Crippen LogP contribution in [0.15, 0.2) is 6.07 Å². The smallest absolute Gasteiger partial charge is 0.224 e. The summed E-state index contributed by atoms with van der Waals surface area (Å²) in [5.74, 6) is 0.500. The van der Waals surface area contributed by atoms with Crippen LogP contribution in [0.3, 0.4) is 0 Å². The average Bonchev–Trinajstić information content (AvgIpc) is 2.27. The third kappa shape index (κ3) is 4.23. The van der Waals surface area contributed by atoms with Crippen molar-refractivity contribution < 1.29 is 9.47 Å². The van der Waals surface area contributed by atoms with Crippen LogP contribution in [0.25, 0.3) is 0 Å². The summed E-state index contributed by atoms with van der Waals surface area (Å²) in [4.78, 5) is 4.64. The molecule has 0 bridgehead atoms. The van der Waals surface area contributed by atoms with Crippen molar-refractivity contribution in [2.45, 2.75) is 27.2 Å². The van der Waals surface area contributed by atoms with Crippen LogP contribution in [0.5, 0.6) is 5.88 Å². The van der Waals surface area contributed by atoms with Crippen molar-refractivity contribution in [2.75, 3.05) is 19.8 Å². The van der Waals surface area contributed by atoms with Gasteiger partial charge in [-0.3, -0.25) is 0 Å². The molecule has 100 valence electrons. The molecule has 1 rings (SSSR count). The number of rotatable bonds is 7. The van der Waals surface area contributed by atoms with E-state index in [1.807, 2.05) is 19.9 Å². The molecule has 1 heterocycles. The molecule has 0 aromatic carbocycles. The minimum Gasteiger partial charge on any atom is -0.475 e. The summed E-state index contributed by atoms with van der Waals surface area (Å²) in [6.45, 7) is 7.66. The molecule has 18 heavy (non-hydrogen) atoms. The Bertz CT molecular complexity index is 422. The number of pyridine rings is 1. The zero-order chi connectivity index (χ0) is 13.5. The second-order valence-corrected chi connectivity index (χ2v) is 4.53. The molecular weight excluding hydrogens is 248 g/mol. The highest BCUT2D eigenvalue weighted by atomic mass is 32.1. The molecule has 0 radical (unpaired) electrons.